The molecule has 0 spiro atoms. The van der Waals surface area contributed by atoms with Crippen molar-refractivity contribution in [3.8, 4) is 17.0 Å². The van der Waals surface area contributed by atoms with Gasteiger partial charge in [0.25, 0.3) is 0 Å². The average molecular weight is 271 g/mol. The number of aromatic carboxylic acids is 1. The molecule has 0 aliphatic carbocycles. The molecule has 0 saturated carbocycles. The summed E-state index contributed by atoms with van der Waals surface area (Å²) in [5, 5.41) is 8.99. The standard InChI is InChI=1S/C16H17NO3/c1-10(2)20-13-6-4-12(5-7-13)15-9-8-14(16(18)19)11(3)17-15/h4-10H,1-3H3,(H,18,19). The van der Waals surface area contributed by atoms with Crippen LogP contribution in [0.15, 0.2) is 36.4 Å². The normalized spacial score (nSPS) is 10.6. The van der Waals surface area contributed by atoms with Crippen LogP contribution in [0.25, 0.3) is 11.3 Å². The first kappa shape index (κ1) is 14.1. The summed E-state index contributed by atoms with van der Waals surface area (Å²) in [6.07, 6.45) is 0.135. The molecule has 0 aliphatic rings. The third-order valence-electron chi connectivity index (χ3n) is 2.84. The van der Waals surface area contributed by atoms with E-state index in [1.54, 1.807) is 19.1 Å². The number of pyridine rings is 1. The predicted molar refractivity (Wildman–Crippen MR) is 77.1 cm³/mol. The molecule has 1 heterocycles. The van der Waals surface area contributed by atoms with E-state index >= 15 is 0 Å². The van der Waals surface area contributed by atoms with Crippen molar-refractivity contribution >= 4 is 5.97 Å². The number of aromatic nitrogens is 1. The maximum atomic E-state index is 11.0. The SMILES string of the molecule is Cc1nc(-c2ccc(OC(C)C)cc2)ccc1C(=O)O. The smallest absolute Gasteiger partial charge is 0.337 e. The van der Waals surface area contributed by atoms with Crippen LogP contribution in [0.5, 0.6) is 5.75 Å². The Kier molecular flexibility index (Phi) is 4.03. The van der Waals surface area contributed by atoms with Gasteiger partial charge in [-0.25, -0.2) is 4.79 Å². The van der Waals surface area contributed by atoms with E-state index in [1.165, 1.54) is 0 Å². The molecule has 20 heavy (non-hydrogen) atoms. The summed E-state index contributed by atoms with van der Waals surface area (Å²) < 4.78 is 5.58. The summed E-state index contributed by atoms with van der Waals surface area (Å²) in [6, 6.07) is 10.9. The molecular weight excluding hydrogens is 254 g/mol. The lowest BCUT2D eigenvalue weighted by atomic mass is 10.1. The number of carbonyl (C=O) groups is 1. The number of ether oxygens (including phenoxy) is 1. The molecule has 4 heteroatoms. The van der Waals surface area contributed by atoms with E-state index in [0.29, 0.717) is 5.69 Å². The van der Waals surface area contributed by atoms with E-state index in [2.05, 4.69) is 4.98 Å². The number of benzene rings is 1. The third-order valence-corrected chi connectivity index (χ3v) is 2.84. The Morgan fingerprint density at radius 1 is 1.15 bits per heavy atom. The molecule has 0 amide bonds. The molecule has 0 saturated heterocycles. The Morgan fingerprint density at radius 3 is 2.30 bits per heavy atom. The predicted octanol–water partition coefficient (Wildman–Crippen LogP) is 3.54. The lowest BCUT2D eigenvalue weighted by Crippen LogP contribution is -2.05. The Balaban J connectivity index is 2.28. The van der Waals surface area contributed by atoms with Gasteiger partial charge in [0, 0.05) is 5.56 Å². The van der Waals surface area contributed by atoms with Crippen molar-refractivity contribution in [2.75, 3.05) is 0 Å². The number of nitrogens with zero attached hydrogens (tertiary/aromatic N) is 1. The second kappa shape index (κ2) is 5.74. The molecule has 1 aromatic heterocycles. The topological polar surface area (TPSA) is 59.4 Å². The fourth-order valence-corrected chi connectivity index (χ4v) is 1.92. The lowest BCUT2D eigenvalue weighted by molar-refractivity contribution is 0.0695. The number of aryl methyl sites for hydroxylation is 1. The van der Waals surface area contributed by atoms with Crippen molar-refractivity contribution in [2.24, 2.45) is 0 Å². The number of carboxylic acids is 1. The van der Waals surface area contributed by atoms with Crippen LogP contribution in [0.4, 0.5) is 0 Å². The first-order chi connectivity index (χ1) is 9.47. The fourth-order valence-electron chi connectivity index (χ4n) is 1.92. The Morgan fingerprint density at radius 2 is 1.80 bits per heavy atom. The van der Waals surface area contributed by atoms with E-state index in [4.69, 9.17) is 9.84 Å². The summed E-state index contributed by atoms with van der Waals surface area (Å²) in [6.45, 7) is 5.65. The summed E-state index contributed by atoms with van der Waals surface area (Å²) >= 11 is 0. The van der Waals surface area contributed by atoms with E-state index in [-0.39, 0.29) is 11.7 Å². The first-order valence-corrected chi connectivity index (χ1v) is 6.45. The number of rotatable bonds is 4. The molecular formula is C16H17NO3. The minimum Gasteiger partial charge on any atom is -0.491 e. The largest absolute Gasteiger partial charge is 0.491 e. The average Bonchev–Trinajstić information content (AvgIpc) is 2.38. The highest BCUT2D eigenvalue weighted by Gasteiger charge is 2.09. The van der Waals surface area contributed by atoms with Crippen molar-refractivity contribution in [2.45, 2.75) is 26.9 Å². The number of hydrogen-bond donors (Lipinski definition) is 1. The van der Waals surface area contributed by atoms with Crippen LogP contribution in [0.2, 0.25) is 0 Å². The first-order valence-electron chi connectivity index (χ1n) is 6.45. The molecule has 0 aliphatic heterocycles. The van der Waals surface area contributed by atoms with Gasteiger partial charge in [0.05, 0.1) is 23.1 Å². The second-order valence-electron chi connectivity index (χ2n) is 4.83. The van der Waals surface area contributed by atoms with Gasteiger partial charge in [-0.2, -0.15) is 0 Å². The van der Waals surface area contributed by atoms with Crippen LogP contribution in [-0.4, -0.2) is 22.2 Å². The maximum absolute atomic E-state index is 11.0. The number of hydrogen-bond acceptors (Lipinski definition) is 3. The van der Waals surface area contributed by atoms with Gasteiger partial charge in [-0.1, -0.05) is 0 Å². The van der Waals surface area contributed by atoms with Gasteiger partial charge in [-0.05, 0) is 57.2 Å². The molecule has 1 N–H and O–H groups in total. The van der Waals surface area contributed by atoms with E-state index < -0.39 is 5.97 Å². The summed E-state index contributed by atoms with van der Waals surface area (Å²) in [4.78, 5) is 15.3. The fraction of sp³-hybridized carbons (Fsp3) is 0.250. The van der Waals surface area contributed by atoms with E-state index in [0.717, 1.165) is 17.0 Å². The third kappa shape index (κ3) is 3.15. The molecule has 2 rings (SSSR count). The van der Waals surface area contributed by atoms with Gasteiger partial charge >= 0.3 is 5.97 Å². The van der Waals surface area contributed by atoms with Crippen molar-refractivity contribution in [1.82, 2.24) is 4.98 Å². The molecule has 0 atom stereocenters. The molecule has 0 radical (unpaired) electrons. The zero-order valence-corrected chi connectivity index (χ0v) is 11.8. The van der Waals surface area contributed by atoms with E-state index in [9.17, 15) is 4.79 Å². The van der Waals surface area contributed by atoms with Gasteiger partial charge in [0.1, 0.15) is 5.75 Å². The highest BCUT2D eigenvalue weighted by atomic mass is 16.5. The van der Waals surface area contributed by atoms with Crippen molar-refractivity contribution in [3.63, 3.8) is 0 Å². The monoisotopic (exact) mass is 271 g/mol. The molecule has 104 valence electrons. The Bertz CT molecular complexity index is 618. The highest BCUT2D eigenvalue weighted by molar-refractivity contribution is 5.89. The molecule has 1 aromatic carbocycles. The van der Waals surface area contributed by atoms with Crippen LogP contribution in [0.3, 0.4) is 0 Å². The number of carboxylic acid groups (broad SMARTS) is 1. The molecule has 0 unspecified atom stereocenters. The summed E-state index contributed by atoms with van der Waals surface area (Å²) in [5.41, 5.74) is 2.43. The van der Waals surface area contributed by atoms with Gasteiger partial charge in [-0.3, -0.25) is 4.98 Å². The molecule has 0 bridgehead atoms. The Hall–Kier alpha value is -2.36. The quantitative estimate of drug-likeness (QED) is 0.924. The molecule has 0 fully saturated rings. The maximum Gasteiger partial charge on any atom is 0.337 e. The minimum absolute atomic E-state index is 0.135. The van der Waals surface area contributed by atoms with Gasteiger partial charge in [-0.15, -0.1) is 0 Å². The van der Waals surface area contributed by atoms with Crippen molar-refractivity contribution < 1.29 is 14.6 Å². The highest BCUT2D eigenvalue weighted by Crippen LogP contribution is 2.22. The van der Waals surface area contributed by atoms with Crippen molar-refractivity contribution in [3.05, 3.63) is 47.7 Å². The zero-order chi connectivity index (χ0) is 14.7. The molecule has 4 nitrogen and oxygen atoms in total. The van der Waals surface area contributed by atoms with Gasteiger partial charge < -0.3 is 9.84 Å². The lowest BCUT2D eigenvalue weighted by Gasteiger charge is -2.10. The van der Waals surface area contributed by atoms with Gasteiger partial charge in [0.2, 0.25) is 0 Å². The summed E-state index contributed by atoms with van der Waals surface area (Å²) in [5.74, 6) is -0.148. The second-order valence-corrected chi connectivity index (χ2v) is 4.83. The van der Waals surface area contributed by atoms with Crippen molar-refractivity contribution in [1.29, 1.82) is 0 Å². The zero-order valence-electron chi connectivity index (χ0n) is 11.8. The van der Waals surface area contributed by atoms with Crippen LogP contribution in [0, 0.1) is 6.92 Å². The van der Waals surface area contributed by atoms with Crippen LogP contribution >= 0.6 is 0 Å². The Labute approximate surface area is 118 Å². The summed E-state index contributed by atoms with van der Waals surface area (Å²) in [7, 11) is 0. The van der Waals surface area contributed by atoms with Crippen LogP contribution in [-0.2, 0) is 0 Å². The molecule has 2 aromatic rings. The minimum atomic E-state index is -0.956. The van der Waals surface area contributed by atoms with Crippen LogP contribution < -0.4 is 4.74 Å². The van der Waals surface area contributed by atoms with Crippen LogP contribution in [0.1, 0.15) is 29.9 Å². The van der Waals surface area contributed by atoms with E-state index in [1.807, 2.05) is 38.1 Å². The van der Waals surface area contributed by atoms with Gasteiger partial charge in [0.15, 0.2) is 0 Å².